The number of carbonyl (C=O) groups excluding carboxylic acids is 1. The maximum Gasteiger partial charge on any atom is 0.240 e. The summed E-state index contributed by atoms with van der Waals surface area (Å²) in [6.45, 7) is 1.15. The van der Waals surface area contributed by atoms with Gasteiger partial charge in [-0.15, -0.1) is 0 Å². The summed E-state index contributed by atoms with van der Waals surface area (Å²) in [6.07, 6.45) is 1.10. The number of anilines is 2. The molecule has 2 heterocycles. The Bertz CT molecular complexity index is 1860. The van der Waals surface area contributed by atoms with Crippen LogP contribution in [0.2, 0.25) is 0 Å². The Labute approximate surface area is 274 Å². The number of ether oxygens (including phenoxy) is 4. The molecule has 4 aromatic carbocycles. The van der Waals surface area contributed by atoms with Crippen LogP contribution in [0.3, 0.4) is 0 Å². The van der Waals surface area contributed by atoms with E-state index >= 15 is 0 Å². The summed E-state index contributed by atoms with van der Waals surface area (Å²) in [5.74, 6) is 2.53. The van der Waals surface area contributed by atoms with Gasteiger partial charge >= 0.3 is 0 Å². The molecule has 0 fully saturated rings. The second kappa shape index (κ2) is 14.1. The molecule has 47 heavy (non-hydrogen) atoms. The molecular weight excluding hydrogens is 620 g/mol. The van der Waals surface area contributed by atoms with E-state index in [0.29, 0.717) is 43.2 Å². The summed E-state index contributed by atoms with van der Waals surface area (Å²) in [4.78, 5) is 13.0. The van der Waals surface area contributed by atoms with Gasteiger partial charge in [-0.05, 0) is 90.8 Å². The van der Waals surface area contributed by atoms with Gasteiger partial charge in [0.15, 0.2) is 11.5 Å². The van der Waals surface area contributed by atoms with Crippen molar-refractivity contribution in [3.63, 3.8) is 0 Å². The second-order valence-electron chi connectivity index (χ2n) is 11.0. The minimum Gasteiger partial charge on any atom is -0.497 e. The van der Waals surface area contributed by atoms with Gasteiger partial charge in [-0.2, -0.15) is 5.10 Å². The van der Waals surface area contributed by atoms with Gasteiger partial charge in [0.2, 0.25) is 15.9 Å². The molecular formula is C35H36N4O7S. The number of hydrogen-bond donors (Lipinski definition) is 2. The first-order valence-electron chi connectivity index (χ1n) is 15.3. The van der Waals surface area contributed by atoms with Crippen LogP contribution in [0, 0.1) is 0 Å². The van der Waals surface area contributed by atoms with E-state index in [0.717, 1.165) is 34.0 Å². The van der Waals surface area contributed by atoms with Crippen LogP contribution in [0.1, 0.15) is 36.4 Å². The predicted molar refractivity (Wildman–Crippen MR) is 179 cm³/mol. The zero-order chi connectivity index (χ0) is 32.8. The average Bonchev–Trinajstić information content (AvgIpc) is 3.56. The summed E-state index contributed by atoms with van der Waals surface area (Å²) in [6, 6.07) is 27.3. The minimum absolute atomic E-state index is 0.126. The maximum atomic E-state index is 12.8. The van der Waals surface area contributed by atoms with Crippen LogP contribution in [-0.4, -0.2) is 54.0 Å². The number of nitrogens with one attached hydrogen (secondary N) is 2. The van der Waals surface area contributed by atoms with Crippen LogP contribution >= 0.6 is 0 Å². The van der Waals surface area contributed by atoms with Gasteiger partial charge in [-0.1, -0.05) is 12.1 Å². The van der Waals surface area contributed by atoms with Crippen molar-refractivity contribution in [1.29, 1.82) is 0 Å². The lowest BCUT2D eigenvalue weighted by Crippen LogP contribution is -2.25. The molecule has 0 saturated carbocycles. The molecule has 6 rings (SSSR count). The average molecular weight is 657 g/mol. The number of rotatable bonds is 12. The monoisotopic (exact) mass is 656 g/mol. The van der Waals surface area contributed by atoms with Gasteiger partial charge in [0, 0.05) is 30.6 Å². The molecule has 11 nitrogen and oxygen atoms in total. The van der Waals surface area contributed by atoms with E-state index in [4.69, 9.17) is 24.0 Å². The zero-order valence-corrected chi connectivity index (χ0v) is 27.0. The fourth-order valence-electron chi connectivity index (χ4n) is 5.48. The lowest BCUT2D eigenvalue weighted by atomic mass is 9.97. The Morgan fingerprint density at radius 2 is 1.60 bits per heavy atom. The van der Waals surface area contributed by atoms with E-state index < -0.39 is 10.0 Å². The Balaban J connectivity index is 1.12. The van der Waals surface area contributed by atoms with E-state index in [9.17, 15) is 13.2 Å². The fourth-order valence-corrected chi connectivity index (χ4v) is 6.56. The van der Waals surface area contributed by atoms with Crippen molar-refractivity contribution in [2.24, 2.45) is 5.10 Å². The largest absolute Gasteiger partial charge is 0.497 e. The highest BCUT2D eigenvalue weighted by Gasteiger charge is 2.31. The molecule has 2 aliphatic heterocycles. The van der Waals surface area contributed by atoms with Gasteiger partial charge < -0.3 is 24.3 Å². The van der Waals surface area contributed by atoms with Gasteiger partial charge in [0.05, 0.1) is 36.6 Å². The summed E-state index contributed by atoms with van der Waals surface area (Å²) >= 11 is 0. The molecule has 2 aliphatic rings. The molecule has 1 atom stereocenters. The smallest absolute Gasteiger partial charge is 0.240 e. The van der Waals surface area contributed by atoms with Crippen molar-refractivity contribution in [3.05, 3.63) is 102 Å². The first-order valence-corrected chi connectivity index (χ1v) is 16.8. The summed E-state index contributed by atoms with van der Waals surface area (Å²) in [7, 11) is -0.544. The molecule has 4 aromatic rings. The minimum atomic E-state index is -3.69. The number of hydrogen-bond acceptors (Lipinski definition) is 9. The normalized spacial score (nSPS) is 15.6. The van der Waals surface area contributed by atoms with Crippen LogP contribution in [0.4, 0.5) is 11.4 Å². The topological polar surface area (TPSA) is 128 Å². The van der Waals surface area contributed by atoms with E-state index in [1.165, 1.54) is 19.2 Å². The number of amides is 1. The first kappa shape index (κ1) is 31.9. The molecule has 244 valence electrons. The lowest BCUT2D eigenvalue weighted by Gasteiger charge is -2.24. The van der Waals surface area contributed by atoms with Crippen molar-refractivity contribution in [1.82, 2.24) is 4.72 Å². The lowest BCUT2D eigenvalue weighted by molar-refractivity contribution is -0.116. The third kappa shape index (κ3) is 7.50. The Kier molecular flexibility index (Phi) is 9.60. The third-order valence-electron chi connectivity index (χ3n) is 7.92. The van der Waals surface area contributed by atoms with Crippen LogP contribution < -0.4 is 34.0 Å². The van der Waals surface area contributed by atoms with E-state index in [1.54, 1.807) is 19.2 Å². The summed E-state index contributed by atoms with van der Waals surface area (Å²) < 4.78 is 49.7. The van der Waals surface area contributed by atoms with Gasteiger partial charge in [0.1, 0.15) is 24.7 Å². The molecule has 0 aromatic heterocycles. The van der Waals surface area contributed by atoms with Crippen molar-refractivity contribution < 1.29 is 32.2 Å². The zero-order valence-electron chi connectivity index (χ0n) is 26.1. The highest BCUT2D eigenvalue weighted by Crippen LogP contribution is 2.39. The van der Waals surface area contributed by atoms with Gasteiger partial charge in [-0.3, -0.25) is 9.80 Å². The predicted octanol–water partition coefficient (Wildman–Crippen LogP) is 5.53. The quantitative estimate of drug-likeness (QED) is 0.191. The van der Waals surface area contributed by atoms with E-state index in [1.807, 2.05) is 71.7 Å². The van der Waals surface area contributed by atoms with E-state index in [-0.39, 0.29) is 29.8 Å². The number of fused-ring (bicyclic) bond motifs is 1. The molecule has 0 aliphatic carbocycles. The van der Waals surface area contributed by atoms with Crippen LogP contribution in [0.5, 0.6) is 23.0 Å². The number of benzene rings is 4. The van der Waals surface area contributed by atoms with Crippen LogP contribution in [-0.2, 0) is 14.8 Å². The molecule has 12 heteroatoms. The Morgan fingerprint density at radius 3 is 2.32 bits per heavy atom. The molecule has 0 radical (unpaired) electrons. The summed E-state index contributed by atoms with van der Waals surface area (Å²) in [5, 5.41) is 9.99. The highest BCUT2D eigenvalue weighted by molar-refractivity contribution is 7.89. The molecule has 0 bridgehead atoms. The number of sulfonamides is 1. The third-order valence-corrected chi connectivity index (χ3v) is 9.40. The van der Waals surface area contributed by atoms with Crippen LogP contribution in [0.15, 0.2) is 101 Å². The number of carbonyl (C=O) groups is 1. The molecule has 0 saturated heterocycles. The second-order valence-corrected chi connectivity index (χ2v) is 12.8. The molecule has 2 N–H and O–H groups in total. The number of methoxy groups -OCH3 is 2. The van der Waals surface area contributed by atoms with E-state index in [2.05, 4.69) is 10.0 Å². The van der Waals surface area contributed by atoms with Gasteiger partial charge in [-0.25, -0.2) is 13.1 Å². The highest BCUT2D eigenvalue weighted by atomic mass is 32.2. The Morgan fingerprint density at radius 1 is 0.894 bits per heavy atom. The SMILES string of the molecule is COc1ccc(N2N=C(c3ccc4c(c3)OCCO4)CC2c2cccc(NC(=O)CCCNS(=O)(=O)c3ccc(OC)cc3)c2)cc1. The number of hydrazone groups is 1. The van der Waals surface area contributed by atoms with Crippen molar-refractivity contribution in [3.8, 4) is 23.0 Å². The van der Waals surface area contributed by atoms with Crippen molar-refractivity contribution >= 4 is 33.0 Å². The Hall–Kier alpha value is -5.07. The molecule has 1 amide bonds. The van der Waals surface area contributed by atoms with Crippen molar-refractivity contribution in [2.45, 2.75) is 30.2 Å². The van der Waals surface area contributed by atoms with Crippen LogP contribution in [0.25, 0.3) is 0 Å². The number of nitrogens with zero attached hydrogens (tertiary/aromatic N) is 2. The van der Waals surface area contributed by atoms with Gasteiger partial charge in [0.25, 0.3) is 0 Å². The maximum absolute atomic E-state index is 12.8. The standard InChI is InChI=1S/C35H36N4O7S/c1-43-28-11-9-27(10-12-28)39-32(23-31(38-39)24-8-17-33-34(22-24)46-20-19-45-33)25-5-3-6-26(21-25)37-35(40)7-4-18-36-47(41,42)30-15-13-29(44-2)14-16-30/h3,5-6,8-17,21-22,32,36H,4,7,18-20,23H2,1-2H3,(H,37,40). The first-order chi connectivity index (χ1) is 22.8. The summed E-state index contributed by atoms with van der Waals surface area (Å²) in [5.41, 5.74) is 4.36. The molecule has 1 unspecified atom stereocenters. The molecule has 0 spiro atoms. The fraction of sp³-hybridized carbons (Fsp3) is 0.257. The van der Waals surface area contributed by atoms with Crippen molar-refractivity contribution in [2.75, 3.05) is 44.3 Å².